The highest BCUT2D eigenvalue weighted by Gasteiger charge is 2.30. The summed E-state index contributed by atoms with van der Waals surface area (Å²) >= 11 is 0. The number of hydrogen-bond acceptors (Lipinski definition) is 4. The van der Waals surface area contributed by atoms with E-state index in [1.807, 2.05) is 0 Å². The summed E-state index contributed by atoms with van der Waals surface area (Å²) in [6.45, 7) is -0.336. The molecule has 0 aromatic carbocycles. The first-order valence-electron chi connectivity index (χ1n) is 4.29. The number of sulfonamides is 1. The quantitative estimate of drug-likeness (QED) is 0.624. The van der Waals surface area contributed by atoms with Crippen LogP contribution in [0.25, 0.3) is 0 Å². The lowest BCUT2D eigenvalue weighted by Gasteiger charge is -2.03. The Kier molecular flexibility index (Phi) is 2.30. The number of aliphatic hydroxyl groups excluding tert-OH is 1. The van der Waals surface area contributed by atoms with Gasteiger partial charge in [-0.05, 0) is 12.8 Å². The molecule has 0 aliphatic heterocycles. The molecule has 1 heterocycles. The lowest BCUT2D eigenvalue weighted by atomic mass is 10.4. The number of hydrogen-bond donors (Lipinski definition) is 3. The molecule has 1 aliphatic carbocycles. The molecule has 6 nitrogen and oxygen atoms in total. The molecule has 0 radical (unpaired) electrons. The number of aliphatic hydroxyl groups is 1. The topological polar surface area (TPSA) is 95.1 Å². The van der Waals surface area contributed by atoms with Crippen LogP contribution in [0.2, 0.25) is 0 Å². The molecule has 3 N–H and O–H groups in total. The van der Waals surface area contributed by atoms with Crippen LogP contribution in [0.5, 0.6) is 0 Å². The average Bonchev–Trinajstić information content (AvgIpc) is 2.80. The molecule has 14 heavy (non-hydrogen) atoms. The zero-order valence-corrected chi connectivity index (χ0v) is 8.21. The molecule has 1 saturated carbocycles. The van der Waals surface area contributed by atoms with Crippen LogP contribution < -0.4 is 4.72 Å². The summed E-state index contributed by atoms with van der Waals surface area (Å²) in [7, 11) is -3.52. The van der Waals surface area contributed by atoms with E-state index in [1.54, 1.807) is 0 Å². The van der Waals surface area contributed by atoms with E-state index < -0.39 is 10.0 Å². The first-order chi connectivity index (χ1) is 6.63. The van der Waals surface area contributed by atoms with Gasteiger partial charge < -0.3 is 5.11 Å². The molecule has 1 fully saturated rings. The SMILES string of the molecule is O=S(=O)(NC1CC1)c1[nH]ncc1CO. The van der Waals surface area contributed by atoms with Gasteiger partial charge in [0.25, 0.3) is 10.0 Å². The molecule has 7 heteroatoms. The molecule has 0 unspecified atom stereocenters. The van der Waals surface area contributed by atoms with Crippen LogP contribution in [0.4, 0.5) is 0 Å². The Labute approximate surface area is 81.4 Å². The van der Waals surface area contributed by atoms with Crippen LogP contribution in [0.3, 0.4) is 0 Å². The molecule has 0 spiro atoms. The molecular weight excluding hydrogens is 206 g/mol. The van der Waals surface area contributed by atoms with E-state index in [1.165, 1.54) is 6.20 Å². The molecule has 0 saturated heterocycles. The number of rotatable bonds is 4. The van der Waals surface area contributed by atoms with Gasteiger partial charge in [-0.1, -0.05) is 0 Å². The van der Waals surface area contributed by atoms with E-state index in [2.05, 4.69) is 14.9 Å². The second-order valence-corrected chi connectivity index (χ2v) is 4.93. The van der Waals surface area contributed by atoms with Gasteiger partial charge in [-0.2, -0.15) is 5.10 Å². The highest BCUT2D eigenvalue weighted by molar-refractivity contribution is 7.89. The van der Waals surface area contributed by atoms with Crippen LogP contribution in [0, 0.1) is 0 Å². The van der Waals surface area contributed by atoms with Gasteiger partial charge in [0, 0.05) is 11.6 Å². The Morgan fingerprint density at radius 3 is 2.93 bits per heavy atom. The fourth-order valence-corrected chi connectivity index (χ4v) is 2.55. The first-order valence-corrected chi connectivity index (χ1v) is 5.77. The zero-order valence-electron chi connectivity index (χ0n) is 7.40. The molecule has 78 valence electrons. The number of aromatic amines is 1. The number of nitrogens with one attached hydrogen (secondary N) is 2. The lowest BCUT2D eigenvalue weighted by molar-refractivity contribution is 0.278. The molecule has 2 rings (SSSR count). The third-order valence-electron chi connectivity index (χ3n) is 2.02. The summed E-state index contributed by atoms with van der Waals surface area (Å²) in [5, 5.41) is 14.8. The van der Waals surface area contributed by atoms with Crippen LogP contribution in [0.15, 0.2) is 11.2 Å². The molecule has 1 aromatic heterocycles. The minimum atomic E-state index is -3.52. The second-order valence-electron chi connectivity index (χ2n) is 3.28. The summed E-state index contributed by atoms with van der Waals surface area (Å²) in [6, 6.07) is 0.0508. The van der Waals surface area contributed by atoms with Gasteiger partial charge >= 0.3 is 0 Å². The Morgan fingerprint density at radius 1 is 1.64 bits per heavy atom. The van der Waals surface area contributed by atoms with E-state index in [0.29, 0.717) is 0 Å². The van der Waals surface area contributed by atoms with Crippen molar-refractivity contribution >= 4 is 10.0 Å². The van der Waals surface area contributed by atoms with Crippen molar-refractivity contribution in [1.82, 2.24) is 14.9 Å². The number of aromatic nitrogens is 2. The molecular formula is C7H11N3O3S. The van der Waals surface area contributed by atoms with E-state index in [0.717, 1.165) is 12.8 Å². The summed E-state index contributed by atoms with van der Waals surface area (Å²) in [5.74, 6) is 0. The van der Waals surface area contributed by atoms with Crippen molar-refractivity contribution in [2.75, 3.05) is 0 Å². The molecule has 0 bridgehead atoms. The molecule has 0 amide bonds. The van der Waals surface area contributed by atoms with Crippen molar-refractivity contribution < 1.29 is 13.5 Å². The van der Waals surface area contributed by atoms with Gasteiger partial charge in [0.15, 0.2) is 5.03 Å². The summed E-state index contributed by atoms with van der Waals surface area (Å²) in [6.07, 6.45) is 3.06. The minimum Gasteiger partial charge on any atom is -0.392 e. The monoisotopic (exact) mass is 217 g/mol. The van der Waals surface area contributed by atoms with Crippen LogP contribution in [-0.4, -0.2) is 29.8 Å². The van der Waals surface area contributed by atoms with E-state index in [-0.39, 0.29) is 23.2 Å². The number of nitrogens with zero attached hydrogens (tertiary/aromatic N) is 1. The van der Waals surface area contributed by atoms with Crippen molar-refractivity contribution in [3.63, 3.8) is 0 Å². The van der Waals surface area contributed by atoms with Crippen molar-refractivity contribution in [3.05, 3.63) is 11.8 Å². The Hall–Kier alpha value is -0.920. The smallest absolute Gasteiger partial charge is 0.258 e. The van der Waals surface area contributed by atoms with Gasteiger partial charge in [0.1, 0.15) is 0 Å². The van der Waals surface area contributed by atoms with Crippen LogP contribution >= 0.6 is 0 Å². The van der Waals surface area contributed by atoms with Crippen LogP contribution in [0.1, 0.15) is 18.4 Å². The third kappa shape index (κ3) is 1.79. The summed E-state index contributed by atoms with van der Waals surface area (Å²) in [5.41, 5.74) is 0.290. The number of H-pyrrole nitrogens is 1. The highest BCUT2D eigenvalue weighted by Crippen LogP contribution is 2.22. The average molecular weight is 217 g/mol. The van der Waals surface area contributed by atoms with E-state index in [9.17, 15) is 8.42 Å². The van der Waals surface area contributed by atoms with Gasteiger partial charge in [0.05, 0.1) is 12.8 Å². The largest absolute Gasteiger partial charge is 0.392 e. The van der Waals surface area contributed by atoms with Crippen molar-refractivity contribution in [1.29, 1.82) is 0 Å². The van der Waals surface area contributed by atoms with E-state index >= 15 is 0 Å². The van der Waals surface area contributed by atoms with Crippen molar-refractivity contribution in [3.8, 4) is 0 Å². The predicted octanol–water partition coefficient (Wildman–Crippen LogP) is -0.657. The Morgan fingerprint density at radius 2 is 2.36 bits per heavy atom. The molecule has 1 aromatic rings. The fourth-order valence-electron chi connectivity index (χ4n) is 1.12. The van der Waals surface area contributed by atoms with Gasteiger partial charge in [-0.25, -0.2) is 13.1 Å². The fraction of sp³-hybridized carbons (Fsp3) is 0.571. The first kappa shape index (κ1) is 9.63. The summed E-state index contributed by atoms with van der Waals surface area (Å²) in [4.78, 5) is 0. The van der Waals surface area contributed by atoms with Gasteiger partial charge in [0.2, 0.25) is 0 Å². The second kappa shape index (κ2) is 3.34. The zero-order chi connectivity index (χ0) is 10.2. The van der Waals surface area contributed by atoms with Gasteiger partial charge in [-0.3, -0.25) is 5.10 Å². The Bertz CT molecular complexity index is 421. The maximum absolute atomic E-state index is 11.6. The maximum Gasteiger partial charge on any atom is 0.258 e. The van der Waals surface area contributed by atoms with Crippen LogP contribution in [-0.2, 0) is 16.6 Å². The lowest BCUT2D eigenvalue weighted by Crippen LogP contribution is -2.26. The molecule has 0 atom stereocenters. The van der Waals surface area contributed by atoms with Gasteiger partial charge in [-0.15, -0.1) is 0 Å². The standard InChI is InChI=1S/C7H11N3O3S/c11-4-5-3-8-9-7(5)14(12,13)10-6-1-2-6/h3,6,10-11H,1-2,4H2,(H,8,9). The Balaban J connectivity index is 2.27. The third-order valence-corrected chi connectivity index (χ3v) is 3.55. The predicted molar refractivity (Wildman–Crippen MR) is 47.9 cm³/mol. The minimum absolute atomic E-state index is 0.0353. The van der Waals surface area contributed by atoms with E-state index in [4.69, 9.17) is 5.11 Å². The maximum atomic E-state index is 11.6. The normalized spacial score (nSPS) is 17.2. The molecule has 1 aliphatic rings. The van der Waals surface area contributed by atoms with Crippen molar-refractivity contribution in [2.24, 2.45) is 0 Å². The van der Waals surface area contributed by atoms with Crippen molar-refractivity contribution in [2.45, 2.75) is 30.5 Å². The highest BCUT2D eigenvalue weighted by atomic mass is 32.2. The summed E-state index contributed by atoms with van der Waals surface area (Å²) < 4.78 is 25.8.